The summed E-state index contributed by atoms with van der Waals surface area (Å²) in [6.07, 6.45) is 1.24. The Bertz CT molecular complexity index is 277. The summed E-state index contributed by atoms with van der Waals surface area (Å²) < 4.78 is 0. The van der Waals surface area contributed by atoms with Gasteiger partial charge in [-0.2, -0.15) is 0 Å². The van der Waals surface area contributed by atoms with Crippen LogP contribution in [-0.2, 0) is 4.79 Å². The van der Waals surface area contributed by atoms with Crippen LogP contribution in [0.1, 0.15) is 40.5 Å². The van der Waals surface area contributed by atoms with Crippen molar-refractivity contribution in [2.75, 3.05) is 6.54 Å². The Morgan fingerprint density at radius 3 is 2.65 bits per heavy atom. The van der Waals surface area contributed by atoms with Gasteiger partial charge in [0.15, 0.2) is 0 Å². The van der Waals surface area contributed by atoms with E-state index < -0.39 is 6.10 Å². The fraction of sp³-hybridized carbons (Fsp3) is 0.923. The topological polar surface area (TPSA) is 75.4 Å². The van der Waals surface area contributed by atoms with Crippen LogP contribution in [0.4, 0.5) is 0 Å². The largest absolute Gasteiger partial charge is 0.392 e. The fourth-order valence-corrected chi connectivity index (χ4v) is 2.69. The lowest BCUT2D eigenvalue weighted by molar-refractivity contribution is -0.132. The highest BCUT2D eigenvalue weighted by atomic mass is 16.3. The number of amides is 1. The second-order valence-corrected chi connectivity index (χ2v) is 6.00. The van der Waals surface area contributed by atoms with Crippen LogP contribution in [0.15, 0.2) is 0 Å². The first-order chi connectivity index (χ1) is 7.76. The Morgan fingerprint density at radius 1 is 1.53 bits per heavy atom. The molecule has 0 spiro atoms. The molecule has 4 heteroatoms. The Labute approximate surface area is 104 Å². The van der Waals surface area contributed by atoms with Gasteiger partial charge in [-0.3, -0.25) is 4.79 Å². The predicted octanol–water partition coefficient (Wildman–Crippen LogP) is 0.883. The lowest BCUT2D eigenvalue weighted by atomic mass is 9.61. The predicted molar refractivity (Wildman–Crippen MR) is 68.3 cm³/mol. The fourth-order valence-electron chi connectivity index (χ4n) is 2.69. The van der Waals surface area contributed by atoms with Crippen molar-refractivity contribution in [1.29, 1.82) is 0 Å². The summed E-state index contributed by atoms with van der Waals surface area (Å²) in [6.45, 7) is 8.35. The summed E-state index contributed by atoms with van der Waals surface area (Å²) in [6, 6.07) is 0.186. The van der Waals surface area contributed by atoms with E-state index in [1.807, 2.05) is 0 Å². The SMILES string of the molecule is CC1C(N)CCC(C(=O)NC[C@@H](C)O)C1(C)C. The maximum absolute atomic E-state index is 12.1. The molecular weight excluding hydrogens is 216 g/mol. The first-order valence-corrected chi connectivity index (χ1v) is 6.48. The number of nitrogens with two attached hydrogens (primary N) is 1. The highest BCUT2D eigenvalue weighted by molar-refractivity contribution is 5.79. The number of rotatable bonds is 3. The molecule has 0 aromatic rings. The average Bonchev–Trinajstić information content (AvgIpc) is 2.23. The first-order valence-electron chi connectivity index (χ1n) is 6.48. The number of nitrogens with one attached hydrogen (secondary N) is 1. The van der Waals surface area contributed by atoms with Gasteiger partial charge in [0.1, 0.15) is 0 Å². The molecule has 0 radical (unpaired) electrons. The van der Waals surface area contributed by atoms with Crippen molar-refractivity contribution in [2.45, 2.75) is 52.7 Å². The summed E-state index contributed by atoms with van der Waals surface area (Å²) in [7, 11) is 0. The van der Waals surface area contributed by atoms with Gasteiger partial charge in [0, 0.05) is 18.5 Å². The standard InChI is InChI=1S/C13H26N2O2/c1-8(16)7-15-12(17)10-5-6-11(14)9(2)13(10,3)4/h8-11,16H,5-7,14H2,1-4H3,(H,15,17)/t8-,9?,10?,11?/m1/s1. The minimum atomic E-state index is -0.495. The zero-order chi connectivity index (χ0) is 13.2. The van der Waals surface area contributed by atoms with Crippen LogP contribution in [0.2, 0.25) is 0 Å². The van der Waals surface area contributed by atoms with Crippen LogP contribution in [-0.4, -0.2) is 29.7 Å². The number of hydrogen-bond acceptors (Lipinski definition) is 3. The molecule has 3 unspecified atom stereocenters. The van der Waals surface area contributed by atoms with E-state index in [1.165, 1.54) is 0 Å². The monoisotopic (exact) mass is 242 g/mol. The van der Waals surface area contributed by atoms with Crippen molar-refractivity contribution < 1.29 is 9.90 Å². The van der Waals surface area contributed by atoms with Crippen molar-refractivity contribution in [1.82, 2.24) is 5.32 Å². The normalized spacial score (nSPS) is 34.1. The van der Waals surface area contributed by atoms with E-state index in [4.69, 9.17) is 5.73 Å². The smallest absolute Gasteiger partial charge is 0.223 e. The molecule has 0 heterocycles. The van der Waals surface area contributed by atoms with Gasteiger partial charge >= 0.3 is 0 Å². The number of carbonyl (C=O) groups excluding carboxylic acids is 1. The van der Waals surface area contributed by atoms with Crippen molar-refractivity contribution in [3.8, 4) is 0 Å². The molecular formula is C13H26N2O2. The molecule has 0 bridgehead atoms. The maximum atomic E-state index is 12.1. The molecule has 0 saturated heterocycles. The van der Waals surface area contributed by atoms with Gasteiger partial charge in [-0.1, -0.05) is 20.8 Å². The zero-order valence-corrected chi connectivity index (χ0v) is 11.4. The summed E-state index contributed by atoms with van der Waals surface area (Å²) in [4.78, 5) is 12.1. The minimum Gasteiger partial charge on any atom is -0.392 e. The zero-order valence-electron chi connectivity index (χ0n) is 11.4. The van der Waals surface area contributed by atoms with E-state index in [1.54, 1.807) is 6.92 Å². The van der Waals surface area contributed by atoms with Crippen LogP contribution in [0.3, 0.4) is 0 Å². The second-order valence-electron chi connectivity index (χ2n) is 6.00. The molecule has 100 valence electrons. The van der Waals surface area contributed by atoms with Crippen molar-refractivity contribution in [3.05, 3.63) is 0 Å². The van der Waals surface area contributed by atoms with Crippen molar-refractivity contribution in [2.24, 2.45) is 23.0 Å². The van der Waals surface area contributed by atoms with E-state index in [9.17, 15) is 9.90 Å². The Morgan fingerprint density at radius 2 is 2.12 bits per heavy atom. The van der Waals surface area contributed by atoms with E-state index in [0.717, 1.165) is 12.8 Å². The third-order valence-electron chi connectivity index (χ3n) is 4.39. The number of hydrogen-bond donors (Lipinski definition) is 3. The number of aliphatic hydroxyl groups is 1. The Balaban J connectivity index is 2.67. The van der Waals surface area contributed by atoms with Gasteiger partial charge in [0.2, 0.25) is 5.91 Å². The van der Waals surface area contributed by atoms with E-state index >= 15 is 0 Å². The van der Waals surface area contributed by atoms with Crippen molar-refractivity contribution >= 4 is 5.91 Å². The van der Waals surface area contributed by atoms with E-state index in [0.29, 0.717) is 12.5 Å². The van der Waals surface area contributed by atoms with Crippen LogP contribution in [0.5, 0.6) is 0 Å². The molecule has 1 saturated carbocycles. The molecule has 0 aromatic heterocycles. The van der Waals surface area contributed by atoms with Crippen LogP contribution in [0.25, 0.3) is 0 Å². The molecule has 1 aliphatic rings. The first kappa shape index (κ1) is 14.5. The summed E-state index contributed by atoms with van der Waals surface area (Å²) in [5, 5.41) is 12.0. The highest BCUT2D eigenvalue weighted by Crippen LogP contribution is 2.44. The number of carbonyl (C=O) groups is 1. The van der Waals surface area contributed by atoms with Gasteiger partial charge in [-0.25, -0.2) is 0 Å². The van der Waals surface area contributed by atoms with Gasteiger partial charge in [0.05, 0.1) is 6.10 Å². The maximum Gasteiger partial charge on any atom is 0.223 e. The molecule has 0 aliphatic heterocycles. The third kappa shape index (κ3) is 3.19. The lowest BCUT2D eigenvalue weighted by Gasteiger charge is -2.46. The third-order valence-corrected chi connectivity index (χ3v) is 4.39. The lowest BCUT2D eigenvalue weighted by Crippen LogP contribution is -2.52. The quantitative estimate of drug-likeness (QED) is 0.688. The van der Waals surface area contributed by atoms with Crippen LogP contribution < -0.4 is 11.1 Å². The van der Waals surface area contributed by atoms with E-state index in [2.05, 4.69) is 26.1 Å². The molecule has 4 N–H and O–H groups in total. The van der Waals surface area contributed by atoms with Crippen LogP contribution in [0, 0.1) is 17.3 Å². The Kier molecular flexibility index (Phi) is 4.55. The molecule has 4 nitrogen and oxygen atoms in total. The molecule has 1 amide bonds. The highest BCUT2D eigenvalue weighted by Gasteiger charge is 2.44. The summed E-state index contributed by atoms with van der Waals surface area (Å²) in [5.41, 5.74) is 5.98. The van der Waals surface area contributed by atoms with Crippen LogP contribution >= 0.6 is 0 Å². The van der Waals surface area contributed by atoms with E-state index in [-0.39, 0.29) is 23.3 Å². The second kappa shape index (κ2) is 5.36. The average molecular weight is 242 g/mol. The van der Waals surface area contributed by atoms with Gasteiger partial charge in [0.25, 0.3) is 0 Å². The molecule has 4 atom stereocenters. The number of aliphatic hydroxyl groups excluding tert-OH is 1. The summed E-state index contributed by atoms with van der Waals surface area (Å²) in [5.74, 6) is 0.379. The minimum absolute atomic E-state index is 0.00366. The Hall–Kier alpha value is -0.610. The van der Waals surface area contributed by atoms with Gasteiger partial charge in [-0.15, -0.1) is 0 Å². The molecule has 1 fully saturated rings. The molecule has 17 heavy (non-hydrogen) atoms. The molecule has 1 rings (SSSR count). The molecule has 0 aromatic carbocycles. The van der Waals surface area contributed by atoms with Gasteiger partial charge < -0.3 is 16.2 Å². The molecule has 1 aliphatic carbocycles. The summed E-state index contributed by atoms with van der Waals surface area (Å²) >= 11 is 0. The van der Waals surface area contributed by atoms with Crippen molar-refractivity contribution in [3.63, 3.8) is 0 Å². The van der Waals surface area contributed by atoms with Gasteiger partial charge in [-0.05, 0) is 31.1 Å².